The number of hydrogen-bond donors (Lipinski definition) is 0. The summed E-state index contributed by atoms with van der Waals surface area (Å²) in [6.07, 6.45) is 0. The first-order valence-corrected chi connectivity index (χ1v) is 11.3. The summed E-state index contributed by atoms with van der Waals surface area (Å²) in [7, 11) is 0. The average molecular weight is 463 g/mol. The lowest BCUT2D eigenvalue weighted by Gasteiger charge is -2.34. The van der Waals surface area contributed by atoms with Crippen LogP contribution < -0.4 is 0 Å². The van der Waals surface area contributed by atoms with E-state index in [2.05, 4.69) is 21.2 Å². The number of aromatic nitrogens is 2. The second-order valence-corrected chi connectivity index (χ2v) is 8.76. The Morgan fingerprint density at radius 3 is 2.50 bits per heavy atom. The largest absolute Gasteiger partial charge is 0.411 e. The highest BCUT2D eigenvalue weighted by atomic mass is 35.5. The zero-order valence-corrected chi connectivity index (χ0v) is 18.5. The van der Waals surface area contributed by atoms with Gasteiger partial charge in [-0.15, -0.1) is 10.2 Å². The molecule has 0 atom stereocenters. The summed E-state index contributed by atoms with van der Waals surface area (Å²) in [6, 6.07) is 15.1. The van der Waals surface area contributed by atoms with Gasteiger partial charge in [0, 0.05) is 48.3 Å². The number of nitrogens with zero attached hydrogens (tertiary/aromatic N) is 4. The molecule has 1 fully saturated rings. The van der Waals surface area contributed by atoms with Crippen molar-refractivity contribution in [3.05, 3.63) is 64.1 Å². The van der Waals surface area contributed by atoms with Crippen LogP contribution in [0.1, 0.15) is 5.56 Å². The standard InChI is InChI=1S/C21H20Cl2N4O2S/c22-17-6-4-16(5-7-17)20-24-25-21(29-20)30-14-19(28)27-10-8-26(9-11-27)13-15-2-1-3-18(23)12-15/h1-7,12H,8-11,13-14H2. The molecule has 0 spiro atoms. The molecule has 1 saturated heterocycles. The maximum absolute atomic E-state index is 12.6. The molecule has 0 N–H and O–H groups in total. The first-order valence-electron chi connectivity index (χ1n) is 9.53. The average Bonchev–Trinajstić information content (AvgIpc) is 3.22. The van der Waals surface area contributed by atoms with E-state index in [4.69, 9.17) is 27.6 Å². The third kappa shape index (κ3) is 5.55. The summed E-state index contributed by atoms with van der Waals surface area (Å²) in [4.78, 5) is 16.8. The fourth-order valence-electron chi connectivity index (χ4n) is 3.24. The second-order valence-electron chi connectivity index (χ2n) is 6.96. The molecule has 3 aromatic rings. The summed E-state index contributed by atoms with van der Waals surface area (Å²) in [5.74, 6) is 0.765. The Morgan fingerprint density at radius 2 is 1.77 bits per heavy atom. The number of thioether (sulfide) groups is 1. The summed E-state index contributed by atoms with van der Waals surface area (Å²) >= 11 is 13.2. The van der Waals surface area contributed by atoms with Crippen molar-refractivity contribution >= 4 is 40.9 Å². The van der Waals surface area contributed by atoms with Gasteiger partial charge in [0.25, 0.3) is 5.22 Å². The Kier molecular flexibility index (Phi) is 6.94. The molecule has 0 unspecified atom stereocenters. The van der Waals surface area contributed by atoms with Crippen LogP contribution in [0.5, 0.6) is 0 Å². The van der Waals surface area contributed by atoms with Gasteiger partial charge in [-0.3, -0.25) is 9.69 Å². The van der Waals surface area contributed by atoms with Crippen molar-refractivity contribution in [3.8, 4) is 11.5 Å². The molecule has 2 aromatic carbocycles. The molecular formula is C21H20Cl2N4O2S. The van der Waals surface area contributed by atoms with Crippen molar-refractivity contribution in [2.24, 2.45) is 0 Å². The van der Waals surface area contributed by atoms with Crippen LogP contribution in [0.4, 0.5) is 0 Å². The lowest BCUT2D eigenvalue weighted by molar-refractivity contribution is -0.130. The van der Waals surface area contributed by atoms with Gasteiger partial charge >= 0.3 is 0 Å². The van der Waals surface area contributed by atoms with Crippen LogP contribution in [0.2, 0.25) is 10.0 Å². The SMILES string of the molecule is O=C(CSc1nnc(-c2ccc(Cl)cc2)o1)N1CCN(Cc2cccc(Cl)c2)CC1. The van der Waals surface area contributed by atoms with Crippen molar-refractivity contribution < 1.29 is 9.21 Å². The number of piperazine rings is 1. The van der Waals surface area contributed by atoms with Gasteiger partial charge in [-0.05, 0) is 42.0 Å². The number of benzene rings is 2. The summed E-state index contributed by atoms with van der Waals surface area (Å²) in [5.41, 5.74) is 1.98. The van der Waals surface area contributed by atoms with Crippen LogP contribution in [0, 0.1) is 0 Å². The van der Waals surface area contributed by atoms with Gasteiger partial charge in [-0.25, -0.2) is 0 Å². The van der Waals surface area contributed by atoms with Crippen molar-refractivity contribution in [2.45, 2.75) is 11.8 Å². The number of amides is 1. The normalized spacial score (nSPS) is 14.8. The van der Waals surface area contributed by atoms with Crippen LogP contribution in [-0.2, 0) is 11.3 Å². The van der Waals surface area contributed by atoms with E-state index in [1.54, 1.807) is 12.1 Å². The molecule has 0 radical (unpaired) electrons. The Morgan fingerprint density at radius 1 is 1.00 bits per heavy atom. The molecule has 4 rings (SSSR count). The van der Waals surface area contributed by atoms with Crippen molar-refractivity contribution in [2.75, 3.05) is 31.9 Å². The zero-order valence-electron chi connectivity index (χ0n) is 16.1. The fourth-order valence-corrected chi connectivity index (χ4v) is 4.25. The molecule has 1 amide bonds. The lowest BCUT2D eigenvalue weighted by Crippen LogP contribution is -2.48. The first-order chi connectivity index (χ1) is 14.6. The molecule has 156 valence electrons. The Bertz CT molecular complexity index is 1000. The Labute approximate surface area is 189 Å². The second kappa shape index (κ2) is 9.83. The number of halogens is 2. The van der Waals surface area contributed by atoms with E-state index in [-0.39, 0.29) is 11.7 Å². The van der Waals surface area contributed by atoms with Gasteiger partial charge in [0.15, 0.2) is 0 Å². The Hall–Kier alpha value is -2.06. The van der Waals surface area contributed by atoms with Crippen LogP contribution in [0.3, 0.4) is 0 Å². The quantitative estimate of drug-likeness (QED) is 0.503. The predicted octanol–water partition coefficient (Wildman–Crippen LogP) is 4.48. The van der Waals surface area contributed by atoms with Gasteiger partial charge in [0.05, 0.1) is 5.75 Å². The minimum atomic E-state index is 0.0775. The highest BCUT2D eigenvalue weighted by Crippen LogP contribution is 2.24. The van der Waals surface area contributed by atoms with E-state index >= 15 is 0 Å². The van der Waals surface area contributed by atoms with Crippen LogP contribution in [0.25, 0.3) is 11.5 Å². The highest BCUT2D eigenvalue weighted by Gasteiger charge is 2.22. The van der Waals surface area contributed by atoms with E-state index in [1.165, 1.54) is 17.3 Å². The third-order valence-electron chi connectivity index (χ3n) is 4.84. The van der Waals surface area contributed by atoms with Crippen LogP contribution in [0.15, 0.2) is 58.2 Å². The van der Waals surface area contributed by atoms with Crippen molar-refractivity contribution in [1.29, 1.82) is 0 Å². The van der Waals surface area contributed by atoms with Gasteiger partial charge in [-0.2, -0.15) is 0 Å². The van der Waals surface area contributed by atoms with E-state index in [9.17, 15) is 4.79 Å². The van der Waals surface area contributed by atoms with Crippen molar-refractivity contribution in [1.82, 2.24) is 20.0 Å². The van der Waals surface area contributed by atoms with E-state index < -0.39 is 0 Å². The number of rotatable bonds is 6. The van der Waals surface area contributed by atoms with Gasteiger partial charge < -0.3 is 9.32 Å². The maximum Gasteiger partial charge on any atom is 0.277 e. The van der Waals surface area contributed by atoms with E-state index in [0.717, 1.165) is 30.2 Å². The zero-order chi connectivity index (χ0) is 20.9. The summed E-state index contributed by atoms with van der Waals surface area (Å²) < 4.78 is 5.65. The molecule has 0 aliphatic carbocycles. The summed E-state index contributed by atoms with van der Waals surface area (Å²) in [5, 5.41) is 9.84. The van der Waals surface area contributed by atoms with Crippen molar-refractivity contribution in [3.63, 3.8) is 0 Å². The van der Waals surface area contributed by atoms with Gasteiger partial charge in [0.1, 0.15) is 0 Å². The molecule has 2 heterocycles. The Balaban J connectivity index is 1.24. The minimum Gasteiger partial charge on any atom is -0.411 e. The predicted molar refractivity (Wildman–Crippen MR) is 119 cm³/mol. The molecule has 1 aliphatic rings. The summed E-state index contributed by atoms with van der Waals surface area (Å²) in [6.45, 7) is 3.93. The number of carbonyl (C=O) groups is 1. The molecule has 9 heteroatoms. The first kappa shape index (κ1) is 21.2. The van der Waals surface area contributed by atoms with E-state index in [1.807, 2.05) is 35.2 Å². The van der Waals surface area contributed by atoms with E-state index in [0.29, 0.717) is 29.2 Å². The number of hydrogen-bond acceptors (Lipinski definition) is 6. The molecule has 6 nitrogen and oxygen atoms in total. The third-order valence-corrected chi connectivity index (χ3v) is 6.13. The molecule has 30 heavy (non-hydrogen) atoms. The minimum absolute atomic E-state index is 0.0775. The highest BCUT2D eigenvalue weighted by molar-refractivity contribution is 7.99. The van der Waals surface area contributed by atoms with Crippen LogP contribution >= 0.6 is 35.0 Å². The molecule has 0 saturated carbocycles. The topological polar surface area (TPSA) is 62.5 Å². The smallest absolute Gasteiger partial charge is 0.277 e. The fraction of sp³-hybridized carbons (Fsp3) is 0.286. The molecular weight excluding hydrogens is 443 g/mol. The lowest BCUT2D eigenvalue weighted by atomic mass is 10.2. The number of carbonyl (C=O) groups excluding carboxylic acids is 1. The molecule has 1 aliphatic heterocycles. The maximum atomic E-state index is 12.6. The monoisotopic (exact) mass is 462 g/mol. The van der Waals surface area contributed by atoms with Gasteiger partial charge in [0.2, 0.25) is 11.8 Å². The van der Waals surface area contributed by atoms with Gasteiger partial charge in [-0.1, -0.05) is 47.1 Å². The van der Waals surface area contributed by atoms with Crippen LogP contribution in [-0.4, -0.2) is 57.8 Å². The molecule has 0 bridgehead atoms. The molecule has 1 aromatic heterocycles.